The molecule has 0 aromatic heterocycles. The van der Waals surface area contributed by atoms with Gasteiger partial charge in [0.25, 0.3) is 0 Å². The Bertz CT molecular complexity index is 148. The molecule has 3 heteroatoms. The van der Waals surface area contributed by atoms with E-state index in [1.54, 1.807) is 0 Å². The summed E-state index contributed by atoms with van der Waals surface area (Å²) in [7, 11) is 0. The van der Waals surface area contributed by atoms with Gasteiger partial charge in [0, 0.05) is 11.7 Å². The SMILES string of the molecule is CCC(C)CSC(C)CCC(=O)O. The second kappa shape index (κ2) is 7.25. The summed E-state index contributed by atoms with van der Waals surface area (Å²) >= 11 is 1.89. The number of carbonyl (C=O) groups is 1. The van der Waals surface area contributed by atoms with E-state index in [1.165, 1.54) is 6.42 Å². The Hall–Kier alpha value is -0.180. The normalized spacial score (nSPS) is 15.3. The first-order chi connectivity index (χ1) is 6.06. The van der Waals surface area contributed by atoms with Gasteiger partial charge in [-0.2, -0.15) is 11.8 Å². The third-order valence-corrected chi connectivity index (χ3v) is 3.69. The van der Waals surface area contributed by atoms with Crippen LogP contribution in [-0.4, -0.2) is 22.1 Å². The van der Waals surface area contributed by atoms with Gasteiger partial charge in [0.05, 0.1) is 0 Å². The minimum Gasteiger partial charge on any atom is -0.481 e. The van der Waals surface area contributed by atoms with Gasteiger partial charge in [0.1, 0.15) is 0 Å². The lowest BCUT2D eigenvalue weighted by atomic mass is 10.2. The van der Waals surface area contributed by atoms with E-state index < -0.39 is 5.97 Å². The molecule has 0 aromatic rings. The molecule has 0 amide bonds. The number of thioether (sulfide) groups is 1. The first-order valence-corrected chi connectivity index (χ1v) is 5.94. The standard InChI is InChI=1S/C10H20O2S/c1-4-8(2)7-13-9(3)5-6-10(11)12/h8-9H,4-7H2,1-3H3,(H,11,12). The summed E-state index contributed by atoms with van der Waals surface area (Å²) in [5.41, 5.74) is 0. The molecule has 0 fully saturated rings. The summed E-state index contributed by atoms with van der Waals surface area (Å²) in [5.74, 6) is 1.21. The van der Waals surface area contributed by atoms with Crippen LogP contribution in [0.4, 0.5) is 0 Å². The molecule has 2 nitrogen and oxygen atoms in total. The molecule has 0 rings (SSSR count). The highest BCUT2D eigenvalue weighted by molar-refractivity contribution is 7.99. The van der Waals surface area contributed by atoms with Crippen molar-refractivity contribution >= 4 is 17.7 Å². The number of carboxylic acids is 1. The van der Waals surface area contributed by atoms with E-state index in [1.807, 2.05) is 11.8 Å². The number of rotatable bonds is 7. The van der Waals surface area contributed by atoms with Crippen molar-refractivity contribution in [3.63, 3.8) is 0 Å². The minimum absolute atomic E-state index is 0.300. The smallest absolute Gasteiger partial charge is 0.303 e. The van der Waals surface area contributed by atoms with E-state index in [4.69, 9.17) is 5.11 Å². The molecule has 0 saturated carbocycles. The van der Waals surface area contributed by atoms with Crippen LogP contribution in [0.25, 0.3) is 0 Å². The van der Waals surface area contributed by atoms with Crippen molar-refractivity contribution in [1.82, 2.24) is 0 Å². The molecular weight excluding hydrogens is 184 g/mol. The predicted molar refractivity (Wildman–Crippen MR) is 58.2 cm³/mol. The molecule has 2 atom stereocenters. The van der Waals surface area contributed by atoms with Gasteiger partial charge in [-0.25, -0.2) is 0 Å². The van der Waals surface area contributed by atoms with Gasteiger partial charge in [0.15, 0.2) is 0 Å². The lowest BCUT2D eigenvalue weighted by molar-refractivity contribution is -0.137. The molecule has 0 bridgehead atoms. The Kier molecular flexibility index (Phi) is 7.14. The molecule has 0 aliphatic carbocycles. The molecule has 0 aromatic carbocycles. The third kappa shape index (κ3) is 8.16. The van der Waals surface area contributed by atoms with Crippen LogP contribution >= 0.6 is 11.8 Å². The highest BCUT2D eigenvalue weighted by Gasteiger charge is 2.07. The molecule has 13 heavy (non-hydrogen) atoms. The van der Waals surface area contributed by atoms with Crippen molar-refractivity contribution in [2.24, 2.45) is 5.92 Å². The van der Waals surface area contributed by atoms with Crippen molar-refractivity contribution in [3.8, 4) is 0 Å². The summed E-state index contributed by atoms with van der Waals surface area (Å²) < 4.78 is 0. The molecular formula is C10H20O2S. The second-order valence-corrected chi connectivity index (χ2v) is 5.06. The topological polar surface area (TPSA) is 37.3 Å². The molecule has 1 N–H and O–H groups in total. The predicted octanol–water partition coefficient (Wildman–Crippen LogP) is 3.02. The van der Waals surface area contributed by atoms with E-state index in [0.29, 0.717) is 11.7 Å². The molecule has 0 saturated heterocycles. The summed E-state index contributed by atoms with van der Waals surface area (Å²) in [5, 5.41) is 8.95. The minimum atomic E-state index is -0.684. The number of hydrogen-bond donors (Lipinski definition) is 1. The average molecular weight is 204 g/mol. The van der Waals surface area contributed by atoms with Crippen molar-refractivity contribution < 1.29 is 9.90 Å². The zero-order valence-corrected chi connectivity index (χ0v) is 9.56. The maximum Gasteiger partial charge on any atom is 0.303 e. The monoisotopic (exact) mass is 204 g/mol. The van der Waals surface area contributed by atoms with Gasteiger partial charge in [-0.1, -0.05) is 27.2 Å². The second-order valence-electron chi connectivity index (χ2n) is 3.59. The first-order valence-electron chi connectivity index (χ1n) is 4.89. The maximum atomic E-state index is 10.3. The fourth-order valence-electron chi connectivity index (χ4n) is 0.856. The van der Waals surface area contributed by atoms with Crippen LogP contribution in [-0.2, 0) is 4.79 Å². The van der Waals surface area contributed by atoms with Gasteiger partial charge >= 0.3 is 5.97 Å². The van der Waals surface area contributed by atoms with Crippen LogP contribution in [0.2, 0.25) is 0 Å². The molecule has 0 radical (unpaired) electrons. The summed E-state index contributed by atoms with van der Waals surface area (Å²) in [6.45, 7) is 6.53. The lowest BCUT2D eigenvalue weighted by Crippen LogP contribution is -2.05. The summed E-state index contributed by atoms with van der Waals surface area (Å²) in [4.78, 5) is 10.3. The Labute approximate surface area is 85.1 Å². The fourth-order valence-corrected chi connectivity index (χ4v) is 2.03. The maximum absolute atomic E-state index is 10.3. The van der Waals surface area contributed by atoms with Crippen LogP contribution in [0.3, 0.4) is 0 Å². The largest absolute Gasteiger partial charge is 0.481 e. The van der Waals surface area contributed by atoms with Gasteiger partial charge in [-0.3, -0.25) is 4.79 Å². The molecule has 0 aliphatic rings. The molecule has 0 aliphatic heterocycles. The van der Waals surface area contributed by atoms with Crippen LogP contribution < -0.4 is 0 Å². The Balaban J connectivity index is 3.39. The van der Waals surface area contributed by atoms with Crippen LogP contribution in [0.15, 0.2) is 0 Å². The van der Waals surface area contributed by atoms with E-state index in [2.05, 4.69) is 20.8 Å². The van der Waals surface area contributed by atoms with Crippen molar-refractivity contribution in [2.45, 2.75) is 45.3 Å². The Morgan fingerprint density at radius 2 is 2.08 bits per heavy atom. The first kappa shape index (κ1) is 12.8. The summed E-state index contributed by atoms with van der Waals surface area (Å²) in [6, 6.07) is 0. The van der Waals surface area contributed by atoms with E-state index in [0.717, 1.165) is 18.1 Å². The third-order valence-electron chi connectivity index (χ3n) is 2.13. The van der Waals surface area contributed by atoms with E-state index >= 15 is 0 Å². The van der Waals surface area contributed by atoms with E-state index in [9.17, 15) is 4.79 Å². The van der Waals surface area contributed by atoms with Gasteiger partial charge in [-0.05, 0) is 18.1 Å². The van der Waals surface area contributed by atoms with Crippen molar-refractivity contribution in [2.75, 3.05) is 5.75 Å². The number of carboxylic acid groups (broad SMARTS) is 1. The highest BCUT2D eigenvalue weighted by atomic mass is 32.2. The van der Waals surface area contributed by atoms with Crippen molar-refractivity contribution in [3.05, 3.63) is 0 Å². The quantitative estimate of drug-likeness (QED) is 0.692. The van der Waals surface area contributed by atoms with Crippen molar-refractivity contribution in [1.29, 1.82) is 0 Å². The summed E-state index contributed by atoms with van der Waals surface area (Å²) in [6.07, 6.45) is 2.30. The molecule has 78 valence electrons. The Morgan fingerprint density at radius 3 is 2.54 bits per heavy atom. The Morgan fingerprint density at radius 1 is 1.46 bits per heavy atom. The zero-order chi connectivity index (χ0) is 10.3. The van der Waals surface area contributed by atoms with Crippen LogP contribution in [0, 0.1) is 5.92 Å². The van der Waals surface area contributed by atoms with Crippen LogP contribution in [0.5, 0.6) is 0 Å². The fraction of sp³-hybridized carbons (Fsp3) is 0.900. The van der Waals surface area contributed by atoms with Gasteiger partial charge in [-0.15, -0.1) is 0 Å². The molecule has 2 unspecified atom stereocenters. The van der Waals surface area contributed by atoms with Crippen LogP contribution in [0.1, 0.15) is 40.0 Å². The lowest BCUT2D eigenvalue weighted by Gasteiger charge is -2.12. The number of aliphatic carboxylic acids is 1. The zero-order valence-electron chi connectivity index (χ0n) is 8.75. The van der Waals surface area contributed by atoms with E-state index in [-0.39, 0.29) is 0 Å². The van der Waals surface area contributed by atoms with Gasteiger partial charge < -0.3 is 5.11 Å². The van der Waals surface area contributed by atoms with Gasteiger partial charge in [0.2, 0.25) is 0 Å². The number of hydrogen-bond acceptors (Lipinski definition) is 2. The highest BCUT2D eigenvalue weighted by Crippen LogP contribution is 2.19. The molecule has 0 spiro atoms. The molecule has 0 heterocycles. The average Bonchev–Trinajstić information content (AvgIpc) is 2.10.